The molecule has 0 bridgehead atoms. The van der Waals surface area contributed by atoms with Crippen LogP contribution >= 0.6 is 0 Å². The second-order valence-corrected chi connectivity index (χ2v) is 8.63. The van der Waals surface area contributed by atoms with Crippen LogP contribution in [0.3, 0.4) is 0 Å². The molecule has 2 aromatic carbocycles. The van der Waals surface area contributed by atoms with Gasteiger partial charge in [0.05, 0.1) is 6.20 Å². The predicted molar refractivity (Wildman–Crippen MR) is 134 cm³/mol. The largest absolute Gasteiger partial charge is 0.432 e. The average Bonchev–Trinajstić information content (AvgIpc) is 3.62. The summed E-state index contributed by atoms with van der Waals surface area (Å²) in [5.41, 5.74) is 5.56. The number of nitrogens with zero attached hydrogens (tertiary/aromatic N) is 3. The van der Waals surface area contributed by atoms with Crippen molar-refractivity contribution in [1.82, 2.24) is 14.9 Å². The van der Waals surface area contributed by atoms with Crippen molar-refractivity contribution in [3.05, 3.63) is 96.1 Å². The molecule has 7 nitrogen and oxygen atoms in total. The second kappa shape index (κ2) is 12.5. The van der Waals surface area contributed by atoms with Gasteiger partial charge in [0.2, 0.25) is 5.78 Å². The SMILES string of the molecule is O=C(CCc1ccc(-c2ccc(CN3CCCC3)cc2)cc1)c1ncc(-c2ccccn2)o1.O=C=O. The molecule has 0 N–H and O–H groups in total. The highest BCUT2D eigenvalue weighted by atomic mass is 16.4. The van der Waals surface area contributed by atoms with E-state index >= 15 is 0 Å². The van der Waals surface area contributed by atoms with Crippen LogP contribution in [0.15, 0.2) is 83.5 Å². The molecule has 0 atom stereocenters. The van der Waals surface area contributed by atoms with Crippen LogP contribution in [0.1, 0.15) is 41.1 Å². The minimum atomic E-state index is -0.102. The molecule has 5 rings (SSSR count). The summed E-state index contributed by atoms with van der Waals surface area (Å²) in [6.45, 7) is 3.47. The Hall–Kier alpha value is -4.19. The van der Waals surface area contributed by atoms with E-state index in [0.29, 0.717) is 24.3 Å². The Bertz CT molecular complexity index is 1290. The van der Waals surface area contributed by atoms with E-state index in [2.05, 4.69) is 63.4 Å². The number of aryl methyl sites for hydroxylation is 1. The molecule has 1 fully saturated rings. The molecule has 2 aromatic heterocycles. The Morgan fingerprint density at radius 3 is 2.11 bits per heavy atom. The van der Waals surface area contributed by atoms with E-state index in [1.165, 1.54) is 42.6 Å². The molecule has 182 valence electrons. The number of Topliss-reactive ketones (excluding diaryl/α,β-unsaturated/α-hetero) is 1. The summed E-state index contributed by atoms with van der Waals surface area (Å²) in [6, 6.07) is 22.8. The number of carbonyl (C=O) groups is 1. The highest BCUT2D eigenvalue weighted by molar-refractivity contribution is 5.92. The van der Waals surface area contributed by atoms with Crippen molar-refractivity contribution in [3.8, 4) is 22.6 Å². The fraction of sp³-hybridized carbons (Fsp3) is 0.241. The Kier molecular flexibility index (Phi) is 8.65. The molecule has 0 amide bonds. The zero-order chi connectivity index (χ0) is 25.2. The van der Waals surface area contributed by atoms with E-state index in [9.17, 15) is 4.79 Å². The fourth-order valence-corrected chi connectivity index (χ4v) is 4.26. The van der Waals surface area contributed by atoms with Crippen LogP contribution in [0.2, 0.25) is 0 Å². The first kappa shape index (κ1) is 24.9. The molecule has 1 saturated heterocycles. The smallest absolute Gasteiger partial charge is 0.373 e. The van der Waals surface area contributed by atoms with E-state index in [0.717, 1.165) is 12.1 Å². The maximum Gasteiger partial charge on any atom is 0.373 e. The molecule has 1 aliphatic rings. The zero-order valence-electron chi connectivity index (χ0n) is 19.9. The first-order valence-corrected chi connectivity index (χ1v) is 12.0. The molecule has 1 aliphatic heterocycles. The van der Waals surface area contributed by atoms with Crippen molar-refractivity contribution < 1.29 is 18.8 Å². The number of ketones is 1. The lowest BCUT2D eigenvalue weighted by molar-refractivity contribution is -0.191. The number of hydrogen-bond acceptors (Lipinski definition) is 7. The normalized spacial score (nSPS) is 13.0. The van der Waals surface area contributed by atoms with Gasteiger partial charge in [-0.15, -0.1) is 0 Å². The van der Waals surface area contributed by atoms with E-state index in [-0.39, 0.29) is 17.8 Å². The summed E-state index contributed by atoms with van der Waals surface area (Å²) in [7, 11) is 0. The summed E-state index contributed by atoms with van der Waals surface area (Å²) < 4.78 is 5.62. The standard InChI is InChI=1S/C28H27N3O2.CO2/c32-26(28-30-19-27(33-28)25-5-1-2-16-29-25)15-10-21-6-11-23(12-7-21)24-13-8-22(9-14-24)20-31-17-3-4-18-31;2-1-3/h1-2,5-9,11-14,16,19H,3-4,10,15,17-18,20H2;. The summed E-state index contributed by atoms with van der Waals surface area (Å²) in [4.78, 5) is 39.7. The minimum absolute atomic E-state index is 0.102. The topological polar surface area (TPSA) is 93.4 Å². The molecule has 3 heterocycles. The highest BCUT2D eigenvalue weighted by Gasteiger charge is 2.15. The highest BCUT2D eigenvalue weighted by Crippen LogP contribution is 2.23. The van der Waals surface area contributed by atoms with Gasteiger partial charge in [-0.25, -0.2) is 4.98 Å². The van der Waals surface area contributed by atoms with Crippen LogP contribution in [-0.4, -0.2) is 39.9 Å². The third-order valence-electron chi connectivity index (χ3n) is 6.15. The van der Waals surface area contributed by atoms with Gasteiger partial charge >= 0.3 is 6.15 Å². The third-order valence-corrected chi connectivity index (χ3v) is 6.15. The van der Waals surface area contributed by atoms with Crippen LogP contribution in [0.25, 0.3) is 22.6 Å². The lowest BCUT2D eigenvalue weighted by atomic mass is 10.0. The van der Waals surface area contributed by atoms with E-state index in [1.54, 1.807) is 12.4 Å². The van der Waals surface area contributed by atoms with Crippen LogP contribution in [0, 0.1) is 0 Å². The quantitative estimate of drug-likeness (QED) is 0.318. The molecule has 4 aromatic rings. The van der Waals surface area contributed by atoms with Gasteiger partial charge in [-0.3, -0.25) is 14.7 Å². The molecular weight excluding hydrogens is 454 g/mol. The zero-order valence-corrected chi connectivity index (χ0v) is 19.9. The molecule has 0 unspecified atom stereocenters. The third kappa shape index (κ3) is 6.69. The molecule has 0 spiro atoms. The summed E-state index contributed by atoms with van der Waals surface area (Å²) in [5, 5.41) is 0. The predicted octanol–water partition coefficient (Wildman–Crippen LogP) is 5.23. The van der Waals surface area contributed by atoms with Gasteiger partial charge in [-0.1, -0.05) is 54.6 Å². The molecule has 0 aliphatic carbocycles. The van der Waals surface area contributed by atoms with Crippen molar-refractivity contribution in [3.63, 3.8) is 0 Å². The Balaban J connectivity index is 0.000000967. The number of carbonyl (C=O) groups excluding carboxylic acids is 3. The number of oxazole rings is 1. The summed E-state index contributed by atoms with van der Waals surface area (Å²) in [5.74, 6) is 0.547. The number of likely N-dealkylation sites (tertiary alicyclic amines) is 1. The Morgan fingerprint density at radius 1 is 0.861 bits per heavy atom. The van der Waals surface area contributed by atoms with Crippen molar-refractivity contribution in [2.45, 2.75) is 32.2 Å². The Labute approximate surface area is 209 Å². The van der Waals surface area contributed by atoms with Crippen molar-refractivity contribution in [2.75, 3.05) is 13.1 Å². The lowest BCUT2D eigenvalue weighted by Crippen LogP contribution is -2.18. The molecular formula is C29H27N3O4. The van der Waals surface area contributed by atoms with Crippen LogP contribution in [0.5, 0.6) is 0 Å². The molecule has 0 radical (unpaired) electrons. The van der Waals surface area contributed by atoms with Crippen molar-refractivity contribution in [1.29, 1.82) is 0 Å². The van der Waals surface area contributed by atoms with Gasteiger partial charge in [-0.2, -0.15) is 9.59 Å². The van der Waals surface area contributed by atoms with Crippen LogP contribution in [-0.2, 0) is 22.6 Å². The number of benzene rings is 2. The fourth-order valence-electron chi connectivity index (χ4n) is 4.26. The van der Waals surface area contributed by atoms with Gasteiger partial charge in [0, 0.05) is 19.2 Å². The second-order valence-electron chi connectivity index (χ2n) is 8.63. The number of pyridine rings is 1. The minimum Gasteiger partial charge on any atom is -0.432 e. The maximum absolute atomic E-state index is 12.5. The number of aromatic nitrogens is 2. The van der Waals surface area contributed by atoms with Crippen LogP contribution in [0.4, 0.5) is 0 Å². The summed E-state index contributed by atoms with van der Waals surface area (Å²) in [6.07, 6.45) is 7.13. The van der Waals surface area contributed by atoms with E-state index in [4.69, 9.17) is 14.0 Å². The van der Waals surface area contributed by atoms with Gasteiger partial charge in [-0.05, 0) is 66.7 Å². The molecule has 7 heteroatoms. The maximum atomic E-state index is 12.5. The molecule has 0 saturated carbocycles. The van der Waals surface area contributed by atoms with E-state index < -0.39 is 0 Å². The lowest BCUT2D eigenvalue weighted by Gasteiger charge is -2.14. The number of rotatable bonds is 8. The Morgan fingerprint density at radius 2 is 1.50 bits per heavy atom. The first-order chi connectivity index (χ1) is 17.7. The van der Waals surface area contributed by atoms with Gasteiger partial charge in [0.25, 0.3) is 5.89 Å². The van der Waals surface area contributed by atoms with Gasteiger partial charge < -0.3 is 4.42 Å². The van der Waals surface area contributed by atoms with Crippen LogP contribution < -0.4 is 0 Å². The summed E-state index contributed by atoms with van der Waals surface area (Å²) >= 11 is 0. The molecule has 36 heavy (non-hydrogen) atoms. The van der Waals surface area contributed by atoms with Crippen molar-refractivity contribution >= 4 is 11.9 Å². The van der Waals surface area contributed by atoms with E-state index in [1.807, 2.05) is 18.2 Å². The van der Waals surface area contributed by atoms with Gasteiger partial charge in [0.1, 0.15) is 5.69 Å². The van der Waals surface area contributed by atoms with Gasteiger partial charge in [0.15, 0.2) is 5.76 Å². The average molecular weight is 482 g/mol. The van der Waals surface area contributed by atoms with Crippen molar-refractivity contribution in [2.24, 2.45) is 0 Å². The number of hydrogen-bond donors (Lipinski definition) is 0. The first-order valence-electron chi connectivity index (χ1n) is 12.0. The monoisotopic (exact) mass is 481 g/mol.